The number of rotatable bonds is 6. The van der Waals surface area contributed by atoms with Crippen LogP contribution in [-0.2, 0) is 4.74 Å². The summed E-state index contributed by atoms with van der Waals surface area (Å²) in [5.74, 6) is 0.849. The molecule has 0 aromatic rings. The molecule has 2 fully saturated rings. The molecule has 1 saturated heterocycles. The minimum Gasteiger partial charge on any atom is -0.378 e. The standard InChI is InChI=1S/C15H30N2O/c1-5-15(3)13(9-14(15)18-6-2)16-10-12-7-8-17(4)11-12/h12-14,16H,5-11H2,1-4H3. The molecule has 1 N–H and O–H groups in total. The van der Waals surface area contributed by atoms with E-state index in [4.69, 9.17) is 4.74 Å². The van der Waals surface area contributed by atoms with E-state index in [1.54, 1.807) is 0 Å². The van der Waals surface area contributed by atoms with Gasteiger partial charge in [-0.25, -0.2) is 0 Å². The Morgan fingerprint density at radius 3 is 2.72 bits per heavy atom. The fourth-order valence-electron chi connectivity index (χ4n) is 3.57. The van der Waals surface area contributed by atoms with E-state index >= 15 is 0 Å². The van der Waals surface area contributed by atoms with E-state index in [0.717, 1.165) is 12.5 Å². The molecule has 0 bridgehead atoms. The molecule has 4 unspecified atom stereocenters. The Morgan fingerprint density at radius 2 is 2.17 bits per heavy atom. The fourth-order valence-corrected chi connectivity index (χ4v) is 3.57. The summed E-state index contributed by atoms with van der Waals surface area (Å²) in [6, 6.07) is 0.657. The van der Waals surface area contributed by atoms with Crippen LogP contribution in [0.2, 0.25) is 0 Å². The molecule has 106 valence electrons. The molecule has 2 aliphatic rings. The van der Waals surface area contributed by atoms with Crippen LogP contribution in [0.4, 0.5) is 0 Å². The Balaban J connectivity index is 1.76. The van der Waals surface area contributed by atoms with Crippen molar-refractivity contribution in [1.29, 1.82) is 0 Å². The molecule has 0 radical (unpaired) electrons. The van der Waals surface area contributed by atoms with Gasteiger partial charge in [-0.1, -0.05) is 13.8 Å². The van der Waals surface area contributed by atoms with Gasteiger partial charge in [-0.2, -0.15) is 0 Å². The lowest BCUT2D eigenvalue weighted by molar-refractivity contribution is -0.126. The summed E-state index contributed by atoms with van der Waals surface area (Å²) in [5.41, 5.74) is 0.348. The van der Waals surface area contributed by atoms with E-state index in [1.165, 1.54) is 38.9 Å². The second-order valence-electron chi connectivity index (χ2n) is 6.42. The largest absolute Gasteiger partial charge is 0.378 e. The van der Waals surface area contributed by atoms with Crippen molar-refractivity contribution in [1.82, 2.24) is 10.2 Å². The molecule has 1 heterocycles. The zero-order valence-electron chi connectivity index (χ0n) is 12.5. The van der Waals surface area contributed by atoms with E-state index in [9.17, 15) is 0 Å². The van der Waals surface area contributed by atoms with Gasteiger partial charge in [0.1, 0.15) is 0 Å². The summed E-state index contributed by atoms with van der Waals surface area (Å²) in [5, 5.41) is 3.80. The molecular formula is C15H30N2O. The molecule has 18 heavy (non-hydrogen) atoms. The normalized spacial score (nSPS) is 41.0. The molecule has 1 saturated carbocycles. The third kappa shape index (κ3) is 2.73. The SMILES string of the molecule is CCOC1CC(NCC2CCN(C)C2)C1(C)CC. The van der Waals surface area contributed by atoms with E-state index in [2.05, 4.69) is 38.0 Å². The number of nitrogens with one attached hydrogen (secondary N) is 1. The van der Waals surface area contributed by atoms with Gasteiger partial charge in [-0.15, -0.1) is 0 Å². The number of ether oxygens (including phenoxy) is 1. The Morgan fingerprint density at radius 1 is 1.39 bits per heavy atom. The van der Waals surface area contributed by atoms with Crippen LogP contribution in [0.5, 0.6) is 0 Å². The Bertz CT molecular complexity index is 271. The predicted octanol–water partition coefficient (Wildman–Crippen LogP) is 2.12. The summed E-state index contributed by atoms with van der Waals surface area (Å²) >= 11 is 0. The highest BCUT2D eigenvalue weighted by Gasteiger charge is 2.50. The lowest BCUT2D eigenvalue weighted by Gasteiger charge is -2.54. The number of hydrogen-bond acceptors (Lipinski definition) is 3. The van der Waals surface area contributed by atoms with E-state index < -0.39 is 0 Å². The van der Waals surface area contributed by atoms with Gasteiger partial charge in [0.05, 0.1) is 6.10 Å². The van der Waals surface area contributed by atoms with Crippen LogP contribution in [0.15, 0.2) is 0 Å². The predicted molar refractivity (Wildman–Crippen MR) is 75.8 cm³/mol. The van der Waals surface area contributed by atoms with Gasteiger partial charge in [-0.3, -0.25) is 0 Å². The van der Waals surface area contributed by atoms with Crippen molar-refractivity contribution < 1.29 is 4.74 Å². The molecule has 0 aromatic heterocycles. The van der Waals surface area contributed by atoms with Gasteiger partial charge in [0, 0.05) is 24.6 Å². The summed E-state index contributed by atoms with van der Waals surface area (Å²) in [4.78, 5) is 2.44. The van der Waals surface area contributed by atoms with Crippen LogP contribution in [0.1, 0.15) is 40.0 Å². The first kappa shape index (κ1) is 14.3. The van der Waals surface area contributed by atoms with Crippen molar-refractivity contribution in [2.75, 3.05) is 33.3 Å². The van der Waals surface area contributed by atoms with Gasteiger partial charge in [-0.05, 0) is 52.2 Å². The molecular weight excluding hydrogens is 224 g/mol. The van der Waals surface area contributed by atoms with Crippen molar-refractivity contribution in [2.24, 2.45) is 11.3 Å². The van der Waals surface area contributed by atoms with Crippen LogP contribution in [0.25, 0.3) is 0 Å². The summed E-state index contributed by atoms with van der Waals surface area (Å²) in [6.07, 6.45) is 4.23. The first-order valence-corrected chi connectivity index (χ1v) is 7.63. The van der Waals surface area contributed by atoms with Gasteiger partial charge >= 0.3 is 0 Å². The highest BCUT2D eigenvalue weighted by molar-refractivity contribution is 5.05. The zero-order chi connectivity index (χ0) is 13.2. The Labute approximate surface area is 112 Å². The van der Waals surface area contributed by atoms with Crippen molar-refractivity contribution in [3.8, 4) is 0 Å². The maximum atomic E-state index is 5.86. The summed E-state index contributed by atoms with van der Waals surface area (Å²) in [7, 11) is 2.23. The molecule has 1 aliphatic heterocycles. The molecule has 0 amide bonds. The van der Waals surface area contributed by atoms with Gasteiger partial charge < -0.3 is 15.0 Å². The molecule has 3 heteroatoms. The highest BCUT2D eigenvalue weighted by atomic mass is 16.5. The van der Waals surface area contributed by atoms with Crippen LogP contribution in [0, 0.1) is 11.3 Å². The van der Waals surface area contributed by atoms with Gasteiger partial charge in [0.2, 0.25) is 0 Å². The number of nitrogens with zero attached hydrogens (tertiary/aromatic N) is 1. The molecule has 1 aliphatic carbocycles. The maximum absolute atomic E-state index is 5.86. The maximum Gasteiger partial charge on any atom is 0.0658 e. The zero-order valence-corrected chi connectivity index (χ0v) is 12.5. The third-order valence-corrected chi connectivity index (χ3v) is 5.25. The first-order valence-electron chi connectivity index (χ1n) is 7.63. The molecule has 0 spiro atoms. The van der Waals surface area contributed by atoms with Crippen LogP contribution < -0.4 is 5.32 Å². The average Bonchev–Trinajstić information content (AvgIpc) is 2.77. The lowest BCUT2D eigenvalue weighted by Crippen LogP contribution is -2.62. The van der Waals surface area contributed by atoms with E-state index in [-0.39, 0.29) is 0 Å². The molecule has 4 atom stereocenters. The number of hydrogen-bond donors (Lipinski definition) is 1. The minimum atomic E-state index is 0.348. The summed E-state index contributed by atoms with van der Waals surface area (Å²) in [6.45, 7) is 11.3. The van der Waals surface area contributed by atoms with Crippen LogP contribution >= 0.6 is 0 Å². The van der Waals surface area contributed by atoms with Crippen molar-refractivity contribution in [3.63, 3.8) is 0 Å². The van der Waals surface area contributed by atoms with E-state index in [0.29, 0.717) is 17.6 Å². The Hall–Kier alpha value is -0.120. The quantitative estimate of drug-likeness (QED) is 0.786. The molecule has 2 rings (SSSR count). The second kappa shape index (κ2) is 5.89. The van der Waals surface area contributed by atoms with Gasteiger partial charge in [0.25, 0.3) is 0 Å². The lowest BCUT2D eigenvalue weighted by atomic mass is 9.61. The van der Waals surface area contributed by atoms with Crippen LogP contribution in [0.3, 0.4) is 0 Å². The Kier molecular flexibility index (Phi) is 4.68. The second-order valence-corrected chi connectivity index (χ2v) is 6.42. The van der Waals surface area contributed by atoms with Gasteiger partial charge in [0.15, 0.2) is 0 Å². The average molecular weight is 254 g/mol. The number of likely N-dealkylation sites (tertiary alicyclic amines) is 1. The van der Waals surface area contributed by atoms with Crippen molar-refractivity contribution in [3.05, 3.63) is 0 Å². The van der Waals surface area contributed by atoms with Crippen molar-refractivity contribution in [2.45, 2.75) is 52.2 Å². The molecule has 0 aromatic carbocycles. The summed E-state index contributed by atoms with van der Waals surface area (Å²) < 4.78 is 5.86. The fraction of sp³-hybridized carbons (Fsp3) is 1.00. The van der Waals surface area contributed by atoms with Crippen molar-refractivity contribution >= 4 is 0 Å². The highest BCUT2D eigenvalue weighted by Crippen LogP contribution is 2.45. The smallest absolute Gasteiger partial charge is 0.0658 e. The minimum absolute atomic E-state index is 0.348. The first-order chi connectivity index (χ1) is 8.60. The topological polar surface area (TPSA) is 24.5 Å². The monoisotopic (exact) mass is 254 g/mol. The molecule has 3 nitrogen and oxygen atoms in total. The van der Waals surface area contributed by atoms with Crippen LogP contribution in [-0.4, -0.2) is 50.3 Å². The third-order valence-electron chi connectivity index (χ3n) is 5.25. The van der Waals surface area contributed by atoms with E-state index in [1.807, 2.05) is 0 Å².